The summed E-state index contributed by atoms with van der Waals surface area (Å²) in [4.78, 5) is 11.4. The summed E-state index contributed by atoms with van der Waals surface area (Å²) in [6.07, 6.45) is 3.66. The summed E-state index contributed by atoms with van der Waals surface area (Å²) in [6, 6.07) is 14.3. The number of nitrogens with zero attached hydrogens (tertiary/aromatic N) is 4. The van der Waals surface area contributed by atoms with Crippen molar-refractivity contribution in [2.24, 2.45) is 0 Å². The van der Waals surface area contributed by atoms with Crippen molar-refractivity contribution in [3.63, 3.8) is 0 Å². The minimum absolute atomic E-state index is 0.0249. The highest BCUT2D eigenvalue weighted by Gasteiger charge is 2.41. The first-order valence-electron chi connectivity index (χ1n) is 10.1. The molecule has 1 saturated heterocycles. The Kier molecular flexibility index (Phi) is 6.11. The van der Waals surface area contributed by atoms with Crippen molar-refractivity contribution < 1.29 is 4.74 Å². The first-order valence-corrected chi connectivity index (χ1v) is 10.5. The molecule has 0 radical (unpaired) electrons. The molecule has 0 aromatic carbocycles. The van der Waals surface area contributed by atoms with Crippen LogP contribution in [0.3, 0.4) is 0 Å². The number of nitrogens with one attached hydrogen (secondary N) is 1. The fourth-order valence-electron chi connectivity index (χ4n) is 4.23. The molecule has 2 unspecified atom stereocenters. The van der Waals surface area contributed by atoms with Crippen molar-refractivity contribution in [1.29, 1.82) is 0 Å². The highest BCUT2D eigenvalue weighted by molar-refractivity contribution is 7.80. The van der Waals surface area contributed by atoms with Crippen LogP contribution in [-0.2, 0) is 17.8 Å². The third kappa shape index (κ3) is 3.95. The maximum absolute atomic E-state index is 5.78. The van der Waals surface area contributed by atoms with Crippen LogP contribution in [0.2, 0.25) is 0 Å². The summed E-state index contributed by atoms with van der Waals surface area (Å²) >= 11 is 5.78. The molecular weight excluding hydrogens is 394 g/mol. The van der Waals surface area contributed by atoms with E-state index in [1.54, 1.807) is 7.11 Å². The Labute approximate surface area is 182 Å². The molecular formula is C23H27N5OS. The van der Waals surface area contributed by atoms with Gasteiger partial charge < -0.3 is 19.5 Å². The van der Waals surface area contributed by atoms with Crippen LogP contribution >= 0.6 is 12.2 Å². The van der Waals surface area contributed by atoms with Crippen molar-refractivity contribution in [2.45, 2.75) is 39.0 Å². The Bertz CT molecular complexity index is 1010. The van der Waals surface area contributed by atoms with E-state index < -0.39 is 0 Å². The van der Waals surface area contributed by atoms with Gasteiger partial charge in [0.2, 0.25) is 0 Å². The van der Waals surface area contributed by atoms with Crippen LogP contribution in [0.25, 0.3) is 0 Å². The van der Waals surface area contributed by atoms with Crippen LogP contribution in [0, 0.1) is 13.8 Å². The minimum Gasteiger partial charge on any atom is -0.383 e. The summed E-state index contributed by atoms with van der Waals surface area (Å²) in [6.45, 7) is 6.47. The molecule has 1 N–H and O–H groups in total. The molecule has 30 heavy (non-hydrogen) atoms. The quantitative estimate of drug-likeness (QED) is 0.587. The number of aromatic nitrogens is 3. The third-order valence-electron chi connectivity index (χ3n) is 5.71. The molecule has 3 aromatic rings. The van der Waals surface area contributed by atoms with Crippen LogP contribution in [0.15, 0.2) is 54.9 Å². The maximum atomic E-state index is 5.78. The van der Waals surface area contributed by atoms with E-state index in [2.05, 4.69) is 50.7 Å². The van der Waals surface area contributed by atoms with Crippen molar-refractivity contribution in [1.82, 2.24) is 24.8 Å². The summed E-state index contributed by atoms with van der Waals surface area (Å²) in [5.74, 6) is 0. The van der Waals surface area contributed by atoms with Gasteiger partial charge in [-0.25, -0.2) is 0 Å². The topological polar surface area (TPSA) is 55.2 Å². The number of ether oxygens (including phenoxy) is 1. The van der Waals surface area contributed by atoms with E-state index in [4.69, 9.17) is 17.0 Å². The van der Waals surface area contributed by atoms with E-state index in [0.717, 1.165) is 23.0 Å². The summed E-state index contributed by atoms with van der Waals surface area (Å²) < 4.78 is 7.63. The average Bonchev–Trinajstić information content (AvgIpc) is 3.23. The van der Waals surface area contributed by atoms with Crippen LogP contribution in [0.5, 0.6) is 0 Å². The lowest BCUT2D eigenvalue weighted by molar-refractivity contribution is 0.186. The Hall–Kier alpha value is -2.77. The molecule has 3 aromatic heterocycles. The van der Waals surface area contributed by atoms with Gasteiger partial charge in [0, 0.05) is 37.4 Å². The molecule has 2 atom stereocenters. The third-order valence-corrected chi connectivity index (χ3v) is 6.06. The average molecular weight is 422 g/mol. The van der Waals surface area contributed by atoms with E-state index in [1.807, 2.05) is 42.7 Å². The van der Waals surface area contributed by atoms with Gasteiger partial charge in [0.05, 0.1) is 36.6 Å². The van der Waals surface area contributed by atoms with E-state index in [9.17, 15) is 0 Å². The van der Waals surface area contributed by atoms with E-state index in [1.165, 1.54) is 17.0 Å². The number of thiocarbonyl (C=S) groups is 1. The molecule has 0 bridgehead atoms. The SMILES string of the molecule is COCCn1c(C)cc(C2C(c3ccccn3)NC(=S)N2Cc2ccccn2)c1C. The summed E-state index contributed by atoms with van der Waals surface area (Å²) in [5.41, 5.74) is 5.67. The Balaban J connectivity index is 1.76. The normalized spacial score (nSPS) is 18.6. The molecule has 0 amide bonds. The van der Waals surface area contributed by atoms with E-state index in [-0.39, 0.29) is 12.1 Å². The first-order chi connectivity index (χ1) is 14.6. The van der Waals surface area contributed by atoms with Crippen molar-refractivity contribution in [2.75, 3.05) is 13.7 Å². The molecule has 1 aliphatic rings. The highest BCUT2D eigenvalue weighted by Crippen LogP contribution is 2.41. The summed E-state index contributed by atoms with van der Waals surface area (Å²) in [5, 5.41) is 4.25. The molecule has 4 heterocycles. The lowest BCUT2D eigenvalue weighted by Gasteiger charge is -2.28. The van der Waals surface area contributed by atoms with Crippen LogP contribution < -0.4 is 5.32 Å². The Morgan fingerprint density at radius 3 is 2.53 bits per heavy atom. The number of hydrogen-bond donors (Lipinski definition) is 1. The van der Waals surface area contributed by atoms with Crippen LogP contribution in [0.4, 0.5) is 0 Å². The van der Waals surface area contributed by atoms with Crippen molar-refractivity contribution in [3.05, 3.63) is 83.2 Å². The van der Waals surface area contributed by atoms with Gasteiger partial charge in [-0.2, -0.15) is 0 Å². The maximum Gasteiger partial charge on any atom is 0.170 e. The van der Waals surface area contributed by atoms with Gasteiger partial charge >= 0.3 is 0 Å². The molecule has 1 fully saturated rings. The second-order valence-corrected chi connectivity index (χ2v) is 7.93. The number of methoxy groups -OCH3 is 1. The van der Waals surface area contributed by atoms with Gasteiger partial charge in [0.25, 0.3) is 0 Å². The second kappa shape index (κ2) is 8.93. The molecule has 6 nitrogen and oxygen atoms in total. The first kappa shape index (κ1) is 20.5. The molecule has 4 rings (SSSR count). The van der Waals surface area contributed by atoms with Gasteiger partial charge in [0.15, 0.2) is 5.11 Å². The second-order valence-electron chi connectivity index (χ2n) is 7.55. The van der Waals surface area contributed by atoms with E-state index in [0.29, 0.717) is 13.2 Å². The molecule has 0 aliphatic carbocycles. The molecule has 156 valence electrons. The zero-order valence-electron chi connectivity index (χ0n) is 17.6. The number of rotatable bonds is 7. The molecule has 1 aliphatic heterocycles. The number of aryl methyl sites for hydroxylation is 1. The lowest BCUT2D eigenvalue weighted by Crippen LogP contribution is -2.29. The number of hydrogen-bond acceptors (Lipinski definition) is 4. The zero-order valence-corrected chi connectivity index (χ0v) is 18.4. The number of pyridine rings is 2. The summed E-state index contributed by atoms with van der Waals surface area (Å²) in [7, 11) is 1.74. The fourth-order valence-corrected chi connectivity index (χ4v) is 4.54. The predicted octanol–water partition coefficient (Wildman–Crippen LogP) is 3.71. The highest BCUT2D eigenvalue weighted by atomic mass is 32.1. The lowest BCUT2D eigenvalue weighted by atomic mass is 9.96. The smallest absolute Gasteiger partial charge is 0.170 e. The van der Waals surface area contributed by atoms with Gasteiger partial charge in [-0.15, -0.1) is 0 Å². The predicted molar refractivity (Wildman–Crippen MR) is 121 cm³/mol. The standard InChI is InChI=1S/C23H27N5OS/c1-16-14-19(17(2)27(16)12-13-29-3)22-21(20-9-5-7-11-25-20)26-23(30)28(22)15-18-8-4-6-10-24-18/h4-11,14,21-22H,12-13,15H2,1-3H3,(H,26,30). The largest absolute Gasteiger partial charge is 0.383 e. The van der Waals surface area contributed by atoms with Gasteiger partial charge in [0.1, 0.15) is 0 Å². The van der Waals surface area contributed by atoms with Crippen LogP contribution in [-0.4, -0.2) is 38.3 Å². The van der Waals surface area contributed by atoms with Crippen molar-refractivity contribution >= 4 is 17.3 Å². The molecule has 7 heteroatoms. The van der Waals surface area contributed by atoms with Gasteiger partial charge in [-0.05, 0) is 62.0 Å². The molecule has 0 saturated carbocycles. The van der Waals surface area contributed by atoms with E-state index >= 15 is 0 Å². The zero-order chi connectivity index (χ0) is 21.1. The Morgan fingerprint density at radius 2 is 1.87 bits per heavy atom. The monoisotopic (exact) mass is 421 g/mol. The fraction of sp³-hybridized carbons (Fsp3) is 0.348. The van der Waals surface area contributed by atoms with Gasteiger partial charge in [-0.3, -0.25) is 9.97 Å². The molecule has 0 spiro atoms. The van der Waals surface area contributed by atoms with Crippen LogP contribution in [0.1, 0.15) is 40.4 Å². The minimum atomic E-state index is -0.0289. The Morgan fingerprint density at radius 1 is 1.10 bits per heavy atom. The van der Waals surface area contributed by atoms with Crippen molar-refractivity contribution in [3.8, 4) is 0 Å². The van der Waals surface area contributed by atoms with Gasteiger partial charge in [-0.1, -0.05) is 12.1 Å².